The highest BCUT2D eigenvalue weighted by atomic mass is 35.5. The average molecular weight is 311 g/mol. The van der Waals surface area contributed by atoms with E-state index in [0.717, 1.165) is 36.9 Å². The first-order chi connectivity index (χ1) is 10.1. The minimum atomic E-state index is -0.474. The van der Waals surface area contributed by atoms with Crippen LogP contribution in [0.4, 0.5) is 10.5 Å². The molecule has 0 saturated carbocycles. The van der Waals surface area contributed by atoms with Gasteiger partial charge in [0.05, 0.1) is 6.54 Å². The van der Waals surface area contributed by atoms with Crippen molar-refractivity contribution in [2.45, 2.75) is 0 Å². The number of piperazine rings is 1. The summed E-state index contributed by atoms with van der Waals surface area (Å²) in [6.45, 7) is 3.43. The molecule has 1 saturated heterocycles. The Hall–Kier alpha value is -1.79. The van der Waals surface area contributed by atoms with Gasteiger partial charge in [0.2, 0.25) is 5.91 Å². The molecule has 3 amide bonds. The largest absolute Gasteiger partial charge is 0.369 e. The molecule has 1 fully saturated rings. The Morgan fingerprint density at radius 3 is 2.57 bits per heavy atom. The number of halogens is 1. The Labute approximate surface area is 129 Å². The highest BCUT2D eigenvalue weighted by Gasteiger charge is 2.19. The lowest BCUT2D eigenvalue weighted by molar-refractivity contribution is -0.121. The fourth-order valence-electron chi connectivity index (χ4n) is 2.27. The van der Waals surface area contributed by atoms with Crippen molar-refractivity contribution < 1.29 is 9.59 Å². The van der Waals surface area contributed by atoms with E-state index >= 15 is 0 Å². The SMILES string of the molecule is CNC(=O)NC(=O)CN1CCN(c2cccc(Cl)c2)CC1. The van der Waals surface area contributed by atoms with Crippen molar-refractivity contribution in [2.24, 2.45) is 0 Å². The quantitative estimate of drug-likeness (QED) is 0.871. The predicted molar refractivity (Wildman–Crippen MR) is 82.7 cm³/mol. The van der Waals surface area contributed by atoms with E-state index in [9.17, 15) is 9.59 Å². The molecular formula is C14H19ClN4O2. The lowest BCUT2D eigenvalue weighted by Gasteiger charge is -2.35. The Kier molecular flexibility index (Phi) is 5.41. The van der Waals surface area contributed by atoms with Gasteiger partial charge >= 0.3 is 6.03 Å². The minimum Gasteiger partial charge on any atom is -0.369 e. The van der Waals surface area contributed by atoms with Crippen molar-refractivity contribution in [3.8, 4) is 0 Å². The molecule has 0 bridgehead atoms. The van der Waals surface area contributed by atoms with Crippen LogP contribution < -0.4 is 15.5 Å². The molecule has 1 aromatic rings. The zero-order valence-corrected chi connectivity index (χ0v) is 12.7. The number of rotatable bonds is 3. The second-order valence-corrected chi connectivity index (χ2v) is 5.31. The molecule has 1 aliphatic heterocycles. The molecule has 7 heteroatoms. The summed E-state index contributed by atoms with van der Waals surface area (Å²) in [4.78, 5) is 26.9. The van der Waals surface area contributed by atoms with Crippen molar-refractivity contribution in [1.29, 1.82) is 0 Å². The molecule has 2 N–H and O–H groups in total. The standard InChI is InChI=1S/C14H19ClN4O2/c1-16-14(21)17-13(20)10-18-5-7-19(8-6-18)12-4-2-3-11(15)9-12/h2-4,9H,5-8,10H2,1H3,(H2,16,17,20,21). The van der Waals surface area contributed by atoms with Crippen molar-refractivity contribution >= 4 is 29.2 Å². The van der Waals surface area contributed by atoms with Crippen molar-refractivity contribution in [1.82, 2.24) is 15.5 Å². The van der Waals surface area contributed by atoms with Gasteiger partial charge < -0.3 is 10.2 Å². The van der Waals surface area contributed by atoms with Gasteiger partial charge in [-0.1, -0.05) is 17.7 Å². The van der Waals surface area contributed by atoms with Gasteiger partial charge in [0, 0.05) is 43.9 Å². The monoisotopic (exact) mass is 310 g/mol. The third-order valence-electron chi connectivity index (χ3n) is 3.39. The van der Waals surface area contributed by atoms with Crippen LogP contribution in [0.3, 0.4) is 0 Å². The van der Waals surface area contributed by atoms with Gasteiger partial charge in [-0.25, -0.2) is 4.79 Å². The number of benzene rings is 1. The van der Waals surface area contributed by atoms with Crippen LogP contribution in [0.2, 0.25) is 5.02 Å². The number of nitrogens with zero attached hydrogens (tertiary/aromatic N) is 2. The average Bonchev–Trinajstić information content (AvgIpc) is 2.47. The Balaban J connectivity index is 1.80. The maximum absolute atomic E-state index is 11.6. The fourth-order valence-corrected chi connectivity index (χ4v) is 2.45. The molecular weight excluding hydrogens is 292 g/mol. The number of carbonyl (C=O) groups excluding carboxylic acids is 2. The van der Waals surface area contributed by atoms with Crippen LogP contribution in [0.25, 0.3) is 0 Å². The van der Waals surface area contributed by atoms with Gasteiger partial charge in [-0.15, -0.1) is 0 Å². The Morgan fingerprint density at radius 1 is 1.24 bits per heavy atom. The van der Waals surface area contributed by atoms with Crippen molar-refractivity contribution in [3.63, 3.8) is 0 Å². The summed E-state index contributed by atoms with van der Waals surface area (Å²) in [6, 6.07) is 7.28. The number of hydrogen-bond donors (Lipinski definition) is 2. The molecule has 114 valence electrons. The van der Waals surface area contributed by atoms with Gasteiger partial charge in [-0.3, -0.25) is 15.0 Å². The first-order valence-electron chi connectivity index (χ1n) is 6.83. The van der Waals surface area contributed by atoms with E-state index in [1.54, 1.807) is 0 Å². The first-order valence-corrected chi connectivity index (χ1v) is 7.20. The maximum Gasteiger partial charge on any atom is 0.321 e. The molecule has 2 rings (SSSR count). The van der Waals surface area contributed by atoms with Gasteiger partial charge in [-0.05, 0) is 18.2 Å². The number of nitrogens with one attached hydrogen (secondary N) is 2. The molecule has 0 spiro atoms. The number of carbonyl (C=O) groups is 2. The summed E-state index contributed by atoms with van der Waals surface area (Å²) in [5.74, 6) is -0.287. The zero-order chi connectivity index (χ0) is 15.2. The van der Waals surface area contributed by atoms with E-state index in [-0.39, 0.29) is 12.5 Å². The summed E-state index contributed by atoms with van der Waals surface area (Å²) >= 11 is 6.00. The number of anilines is 1. The number of imide groups is 1. The highest BCUT2D eigenvalue weighted by Crippen LogP contribution is 2.20. The number of amides is 3. The summed E-state index contributed by atoms with van der Waals surface area (Å²) in [5, 5.41) is 5.34. The summed E-state index contributed by atoms with van der Waals surface area (Å²) in [7, 11) is 1.48. The van der Waals surface area contributed by atoms with Crippen LogP contribution in [0.5, 0.6) is 0 Å². The summed E-state index contributed by atoms with van der Waals surface area (Å²) in [5.41, 5.74) is 1.09. The van der Waals surface area contributed by atoms with Gasteiger partial charge in [0.25, 0.3) is 0 Å². The smallest absolute Gasteiger partial charge is 0.321 e. The molecule has 1 aromatic carbocycles. The lowest BCUT2D eigenvalue weighted by atomic mass is 10.2. The molecule has 21 heavy (non-hydrogen) atoms. The Morgan fingerprint density at radius 2 is 1.95 bits per heavy atom. The fraction of sp³-hybridized carbons (Fsp3) is 0.429. The third-order valence-corrected chi connectivity index (χ3v) is 3.63. The first kappa shape index (κ1) is 15.6. The van der Waals surface area contributed by atoms with Crippen LogP contribution in [0.15, 0.2) is 24.3 Å². The van der Waals surface area contributed by atoms with E-state index in [1.807, 2.05) is 29.2 Å². The summed E-state index contributed by atoms with van der Waals surface area (Å²) in [6.07, 6.45) is 0. The van der Waals surface area contributed by atoms with Crippen LogP contribution >= 0.6 is 11.6 Å². The zero-order valence-electron chi connectivity index (χ0n) is 11.9. The van der Waals surface area contributed by atoms with Gasteiger partial charge in [-0.2, -0.15) is 0 Å². The number of hydrogen-bond acceptors (Lipinski definition) is 4. The molecule has 0 unspecified atom stereocenters. The van der Waals surface area contributed by atoms with Crippen molar-refractivity contribution in [3.05, 3.63) is 29.3 Å². The minimum absolute atomic E-state index is 0.233. The number of urea groups is 1. The van der Waals surface area contributed by atoms with Gasteiger partial charge in [0.15, 0.2) is 0 Å². The maximum atomic E-state index is 11.6. The lowest BCUT2D eigenvalue weighted by Crippen LogP contribution is -2.50. The third kappa shape index (κ3) is 4.61. The molecule has 1 heterocycles. The molecule has 6 nitrogen and oxygen atoms in total. The molecule has 0 aromatic heterocycles. The van der Waals surface area contributed by atoms with Gasteiger partial charge in [0.1, 0.15) is 0 Å². The van der Waals surface area contributed by atoms with E-state index in [2.05, 4.69) is 15.5 Å². The molecule has 0 aliphatic carbocycles. The van der Waals surface area contributed by atoms with Crippen LogP contribution in [-0.2, 0) is 4.79 Å². The van der Waals surface area contributed by atoms with E-state index in [4.69, 9.17) is 11.6 Å². The highest BCUT2D eigenvalue weighted by molar-refractivity contribution is 6.30. The van der Waals surface area contributed by atoms with Crippen LogP contribution in [0.1, 0.15) is 0 Å². The molecule has 0 radical (unpaired) electrons. The second kappa shape index (κ2) is 7.28. The van der Waals surface area contributed by atoms with E-state index in [0.29, 0.717) is 0 Å². The topological polar surface area (TPSA) is 64.7 Å². The molecule has 1 aliphatic rings. The van der Waals surface area contributed by atoms with E-state index in [1.165, 1.54) is 7.05 Å². The second-order valence-electron chi connectivity index (χ2n) is 4.87. The van der Waals surface area contributed by atoms with E-state index < -0.39 is 6.03 Å². The normalized spacial score (nSPS) is 15.6. The van der Waals surface area contributed by atoms with Crippen LogP contribution in [-0.4, -0.2) is 56.6 Å². The predicted octanol–water partition coefficient (Wildman–Crippen LogP) is 0.918. The van der Waals surface area contributed by atoms with Crippen LogP contribution in [0, 0.1) is 0 Å². The van der Waals surface area contributed by atoms with Crippen molar-refractivity contribution in [2.75, 3.05) is 44.7 Å². The Bertz CT molecular complexity index is 515. The molecule has 0 atom stereocenters. The summed E-state index contributed by atoms with van der Waals surface area (Å²) < 4.78 is 0.